The van der Waals surface area contributed by atoms with Crippen LogP contribution in [0.5, 0.6) is 17.2 Å². The Morgan fingerprint density at radius 2 is 1.61 bits per heavy atom. The van der Waals surface area contributed by atoms with E-state index in [1.165, 1.54) is 0 Å². The molecule has 1 saturated heterocycles. The average Bonchev–Trinajstić information content (AvgIpc) is 3.67. The van der Waals surface area contributed by atoms with E-state index in [2.05, 4.69) is 27.7 Å². The number of aldehydes is 2. The van der Waals surface area contributed by atoms with Crippen molar-refractivity contribution in [2.24, 2.45) is 22.7 Å². The number of aromatic hydroxyl groups is 2. The van der Waals surface area contributed by atoms with Crippen LogP contribution >= 0.6 is 0 Å². The molecule has 7 atom stereocenters. The van der Waals surface area contributed by atoms with Crippen LogP contribution in [-0.2, 0) is 4.74 Å². The quantitative estimate of drug-likeness (QED) is 0.428. The molecule has 2 heterocycles. The third kappa shape index (κ3) is 3.06. The first kappa shape index (κ1) is 23.5. The summed E-state index contributed by atoms with van der Waals surface area (Å²) >= 11 is 0. The van der Waals surface area contributed by atoms with Gasteiger partial charge in [-0.15, -0.1) is 0 Å². The van der Waals surface area contributed by atoms with E-state index in [1.807, 2.05) is 30.3 Å². The number of epoxide rings is 1. The van der Waals surface area contributed by atoms with Crippen LogP contribution in [0.25, 0.3) is 0 Å². The molecule has 2 aromatic rings. The number of phenolic OH excluding ortho intramolecular Hbond substituents is 2. The van der Waals surface area contributed by atoms with Crippen LogP contribution in [0.1, 0.15) is 91.1 Å². The van der Waals surface area contributed by atoms with Gasteiger partial charge in [-0.05, 0) is 49.5 Å². The first-order chi connectivity index (χ1) is 17.1. The molecule has 190 valence electrons. The zero-order valence-electron chi connectivity index (χ0n) is 21.3. The average molecular weight is 491 g/mol. The third-order valence-corrected chi connectivity index (χ3v) is 10.1. The fourth-order valence-electron chi connectivity index (χ4n) is 7.80. The lowest BCUT2D eigenvalue weighted by Crippen LogP contribution is -2.48. The molecule has 0 unspecified atom stereocenters. The van der Waals surface area contributed by atoms with Crippen LogP contribution in [0.15, 0.2) is 30.3 Å². The van der Waals surface area contributed by atoms with Crippen LogP contribution < -0.4 is 4.74 Å². The van der Waals surface area contributed by atoms with Crippen molar-refractivity contribution in [3.05, 3.63) is 52.6 Å². The maximum Gasteiger partial charge on any atom is 0.157 e. The minimum Gasteiger partial charge on any atom is -0.507 e. The number of hydrogen-bond acceptors (Lipinski definition) is 6. The molecule has 4 aliphatic rings. The highest BCUT2D eigenvalue weighted by atomic mass is 16.6. The maximum atomic E-state index is 12.2. The third-order valence-electron chi connectivity index (χ3n) is 10.1. The first-order valence-corrected chi connectivity index (χ1v) is 13.0. The molecular weight excluding hydrogens is 456 g/mol. The van der Waals surface area contributed by atoms with E-state index >= 15 is 0 Å². The van der Waals surface area contributed by atoms with Gasteiger partial charge in [0.2, 0.25) is 0 Å². The first-order valence-electron chi connectivity index (χ1n) is 13.0. The predicted octanol–water partition coefficient (Wildman–Crippen LogP) is 5.63. The monoisotopic (exact) mass is 490 g/mol. The summed E-state index contributed by atoms with van der Waals surface area (Å²) in [5.74, 6) is -0.293. The summed E-state index contributed by atoms with van der Waals surface area (Å²) in [4.78, 5) is 24.2. The number of carbonyl (C=O) groups is 2. The summed E-state index contributed by atoms with van der Waals surface area (Å²) in [6.07, 6.45) is 4.62. The molecule has 6 nitrogen and oxygen atoms in total. The SMILES string of the molecule is CC1(C)[C@@H]2[C@@H]1CC[C@@]1(C)O[C@@H]1CC[C@]1(C)[C@@H](c3ccccc3)c3c(O)c(C=O)c(O)c(C=O)c3O[C@@H]21. The molecule has 0 aromatic heterocycles. The highest BCUT2D eigenvalue weighted by molar-refractivity contribution is 5.95. The van der Waals surface area contributed by atoms with Gasteiger partial charge < -0.3 is 19.7 Å². The molecule has 36 heavy (non-hydrogen) atoms. The lowest BCUT2D eigenvalue weighted by Gasteiger charge is -2.50. The van der Waals surface area contributed by atoms with Crippen molar-refractivity contribution >= 4 is 12.6 Å². The second-order valence-electron chi connectivity index (χ2n) is 12.3. The molecule has 6 rings (SSSR count). The van der Waals surface area contributed by atoms with Gasteiger partial charge in [0.15, 0.2) is 12.6 Å². The molecule has 0 bridgehead atoms. The van der Waals surface area contributed by atoms with Crippen molar-refractivity contribution in [3.63, 3.8) is 0 Å². The molecule has 0 radical (unpaired) electrons. The zero-order valence-corrected chi connectivity index (χ0v) is 21.3. The Morgan fingerprint density at radius 1 is 0.917 bits per heavy atom. The van der Waals surface area contributed by atoms with Crippen molar-refractivity contribution in [1.29, 1.82) is 0 Å². The number of ether oxygens (including phenoxy) is 2. The summed E-state index contributed by atoms with van der Waals surface area (Å²) in [7, 11) is 0. The minimum atomic E-state index is -0.528. The van der Waals surface area contributed by atoms with Crippen molar-refractivity contribution < 1.29 is 29.3 Å². The molecule has 2 aromatic carbocycles. The summed E-state index contributed by atoms with van der Waals surface area (Å²) in [5.41, 5.74) is 0.562. The Kier molecular flexibility index (Phi) is 4.95. The van der Waals surface area contributed by atoms with Crippen LogP contribution in [0.4, 0.5) is 0 Å². The molecule has 3 fully saturated rings. The lowest BCUT2D eigenvalue weighted by molar-refractivity contribution is -0.0111. The standard InChI is InChI=1S/C30H34O6/c1-28(2)19-10-13-30(4)20(36-30)11-12-29(3)22(16-8-6-5-7-9-16)21-25(34)17(14-31)24(33)18(15-32)26(21)35-27(29)23(19)28/h5-9,14-15,19-20,22-23,27,33-34H,10-13H2,1-4H3/t19-,20+,22-,23+,27-,29+,30+/m0/s1. The topological polar surface area (TPSA) is 96.4 Å². The van der Waals surface area contributed by atoms with Crippen molar-refractivity contribution in [3.8, 4) is 17.2 Å². The fraction of sp³-hybridized carbons (Fsp3) is 0.533. The number of phenols is 2. The van der Waals surface area contributed by atoms with Crippen molar-refractivity contribution in [2.75, 3.05) is 0 Å². The summed E-state index contributed by atoms with van der Waals surface area (Å²) in [6, 6.07) is 9.94. The second kappa shape index (κ2) is 7.58. The van der Waals surface area contributed by atoms with Crippen molar-refractivity contribution in [1.82, 2.24) is 0 Å². The minimum absolute atomic E-state index is 0.0456. The predicted molar refractivity (Wildman–Crippen MR) is 134 cm³/mol. The van der Waals surface area contributed by atoms with E-state index in [9.17, 15) is 19.8 Å². The summed E-state index contributed by atoms with van der Waals surface area (Å²) in [6.45, 7) is 9.01. The van der Waals surface area contributed by atoms with E-state index in [-0.39, 0.29) is 57.7 Å². The summed E-state index contributed by atoms with van der Waals surface area (Å²) < 4.78 is 13.0. The van der Waals surface area contributed by atoms with E-state index in [1.54, 1.807) is 0 Å². The van der Waals surface area contributed by atoms with Gasteiger partial charge >= 0.3 is 0 Å². The largest absolute Gasteiger partial charge is 0.507 e. The number of rotatable bonds is 3. The van der Waals surface area contributed by atoms with Crippen LogP contribution in [0, 0.1) is 22.7 Å². The molecular formula is C30H34O6. The molecule has 6 heteroatoms. The van der Waals surface area contributed by atoms with Gasteiger partial charge in [-0.3, -0.25) is 9.59 Å². The Balaban J connectivity index is 1.62. The van der Waals surface area contributed by atoms with Gasteiger partial charge in [-0.2, -0.15) is 0 Å². The maximum absolute atomic E-state index is 12.2. The number of carbonyl (C=O) groups excluding carboxylic acids is 2. The van der Waals surface area contributed by atoms with Gasteiger partial charge in [-0.25, -0.2) is 0 Å². The van der Waals surface area contributed by atoms with E-state index < -0.39 is 11.2 Å². The molecule has 2 saturated carbocycles. The highest BCUT2D eigenvalue weighted by Gasteiger charge is 2.69. The van der Waals surface area contributed by atoms with E-state index in [0.717, 1.165) is 31.2 Å². The second-order valence-corrected chi connectivity index (χ2v) is 12.3. The number of fused-ring (bicyclic) bond motifs is 5. The summed E-state index contributed by atoms with van der Waals surface area (Å²) in [5, 5.41) is 22.1. The fourth-order valence-corrected chi connectivity index (χ4v) is 7.80. The van der Waals surface area contributed by atoms with Gasteiger partial charge in [0.25, 0.3) is 0 Å². The number of hydrogen-bond donors (Lipinski definition) is 2. The van der Waals surface area contributed by atoms with Gasteiger partial charge in [-0.1, -0.05) is 51.1 Å². The molecule has 2 aliphatic carbocycles. The van der Waals surface area contributed by atoms with E-state index in [4.69, 9.17) is 9.47 Å². The Morgan fingerprint density at radius 3 is 2.28 bits per heavy atom. The van der Waals surface area contributed by atoms with E-state index in [0.29, 0.717) is 24.1 Å². The highest BCUT2D eigenvalue weighted by Crippen LogP contribution is 2.71. The van der Waals surface area contributed by atoms with Crippen LogP contribution in [0.2, 0.25) is 0 Å². The Labute approximate surface area is 211 Å². The smallest absolute Gasteiger partial charge is 0.157 e. The van der Waals surface area contributed by atoms with Gasteiger partial charge in [0, 0.05) is 22.8 Å². The molecule has 0 spiro atoms. The zero-order chi connectivity index (χ0) is 25.6. The molecule has 2 N–H and O–H groups in total. The van der Waals surface area contributed by atoms with Gasteiger partial charge in [0.1, 0.15) is 23.4 Å². The molecule has 0 amide bonds. The van der Waals surface area contributed by atoms with Crippen LogP contribution in [-0.4, -0.2) is 40.6 Å². The Hall–Kier alpha value is -2.86. The Bertz CT molecular complexity index is 1250. The lowest BCUT2D eigenvalue weighted by atomic mass is 9.60. The van der Waals surface area contributed by atoms with Crippen molar-refractivity contribution in [2.45, 2.75) is 77.1 Å². The molecule has 2 aliphatic heterocycles. The number of benzene rings is 2. The van der Waals surface area contributed by atoms with Crippen LogP contribution in [0.3, 0.4) is 0 Å². The van der Waals surface area contributed by atoms with Gasteiger partial charge in [0.05, 0.1) is 22.8 Å². The normalized spacial score (nSPS) is 37.7.